The Labute approximate surface area is 33.2 Å². The van der Waals surface area contributed by atoms with E-state index in [0.717, 1.165) is 6.29 Å². The summed E-state index contributed by atoms with van der Waals surface area (Å²) in [6, 6.07) is 0. The Bertz CT molecular complexity index is 20.0. The standard InChI is InChI=1S/C2H4OSe/c3-1-2-4/h1,4H,2H2. The molecule has 0 unspecified atom stereocenters. The van der Waals surface area contributed by atoms with E-state index in [9.17, 15) is 0 Å². The van der Waals surface area contributed by atoms with Crippen molar-refractivity contribution < 1.29 is 4.79 Å². The van der Waals surface area contributed by atoms with Crippen molar-refractivity contribution >= 4 is 22.3 Å². The summed E-state index contributed by atoms with van der Waals surface area (Å²) in [7, 11) is 0. The fourth-order valence-corrected chi connectivity index (χ4v) is 0. The molecular formula is C2H4OSe. The third-order valence-corrected chi connectivity index (χ3v) is 0.387. The molecule has 1 nitrogen and oxygen atoms in total. The molecule has 0 spiro atoms. The maximum absolute atomic E-state index is 9.16. The summed E-state index contributed by atoms with van der Waals surface area (Å²) in [5.41, 5.74) is 0. The van der Waals surface area contributed by atoms with Gasteiger partial charge in [0, 0.05) is 0 Å². The molecule has 0 aliphatic rings. The van der Waals surface area contributed by atoms with Crippen molar-refractivity contribution in [3.05, 3.63) is 0 Å². The van der Waals surface area contributed by atoms with Gasteiger partial charge in [-0.3, -0.25) is 0 Å². The van der Waals surface area contributed by atoms with Gasteiger partial charge in [0.15, 0.2) is 0 Å². The molecule has 0 amide bonds. The van der Waals surface area contributed by atoms with Crippen molar-refractivity contribution in [2.45, 2.75) is 5.32 Å². The average Bonchev–Trinajstić information content (AvgIpc) is 1.37. The van der Waals surface area contributed by atoms with Gasteiger partial charge in [0.2, 0.25) is 0 Å². The van der Waals surface area contributed by atoms with Gasteiger partial charge in [-0.05, 0) is 0 Å². The predicted octanol–water partition coefficient (Wildman–Crippen LogP) is -0.496. The molecule has 2 heteroatoms. The van der Waals surface area contributed by atoms with Crippen LogP contribution in [0.2, 0.25) is 5.32 Å². The zero-order valence-electron chi connectivity index (χ0n) is 2.14. The molecule has 0 saturated carbocycles. The number of carbonyl (C=O) groups excluding carboxylic acids is 1. The Balaban J connectivity index is 2.30. The molecule has 0 aliphatic heterocycles. The Morgan fingerprint density at radius 1 is 2.00 bits per heavy atom. The maximum atomic E-state index is 9.16. The zero-order valence-corrected chi connectivity index (χ0v) is 4.02. The molecule has 0 heterocycles. The van der Waals surface area contributed by atoms with Gasteiger partial charge in [0.1, 0.15) is 0 Å². The molecule has 0 fully saturated rings. The van der Waals surface area contributed by atoms with Crippen LogP contribution in [0, 0.1) is 0 Å². The second-order valence-electron chi connectivity index (χ2n) is 0.349. The SMILES string of the molecule is O=CC[SeH]. The third kappa shape index (κ3) is 2.19. The van der Waals surface area contributed by atoms with E-state index in [1.165, 1.54) is 0 Å². The van der Waals surface area contributed by atoms with E-state index in [0.29, 0.717) is 5.32 Å². The van der Waals surface area contributed by atoms with E-state index in [4.69, 9.17) is 4.79 Å². The molecule has 0 saturated heterocycles. The quantitative estimate of drug-likeness (QED) is 0.339. The van der Waals surface area contributed by atoms with E-state index >= 15 is 0 Å². The molecule has 0 aliphatic carbocycles. The molecule has 0 bridgehead atoms. The normalized spacial score (nSPS) is 6.25. The first-order valence-corrected chi connectivity index (χ1v) is 2.29. The second kappa shape index (κ2) is 3.19. The van der Waals surface area contributed by atoms with Gasteiger partial charge >= 0.3 is 32.4 Å². The Morgan fingerprint density at radius 2 is 2.25 bits per heavy atom. The zero-order chi connectivity index (χ0) is 3.41. The van der Waals surface area contributed by atoms with Gasteiger partial charge in [-0.1, -0.05) is 0 Å². The molecule has 24 valence electrons. The van der Waals surface area contributed by atoms with Crippen molar-refractivity contribution in [1.82, 2.24) is 0 Å². The fourth-order valence-electron chi connectivity index (χ4n) is 0. The molecule has 0 aromatic carbocycles. The summed E-state index contributed by atoms with van der Waals surface area (Å²) in [4.78, 5) is 9.16. The van der Waals surface area contributed by atoms with Crippen molar-refractivity contribution in [3.8, 4) is 0 Å². The minimum absolute atomic E-state index is 0.576. The number of hydrogen-bond acceptors (Lipinski definition) is 1. The van der Waals surface area contributed by atoms with Crippen molar-refractivity contribution in [2.24, 2.45) is 0 Å². The van der Waals surface area contributed by atoms with Gasteiger partial charge < -0.3 is 0 Å². The van der Waals surface area contributed by atoms with Gasteiger partial charge in [0.05, 0.1) is 0 Å². The van der Waals surface area contributed by atoms with E-state index in [1.54, 1.807) is 0 Å². The minimum atomic E-state index is 0.576. The number of hydrogen-bond donors (Lipinski definition) is 0. The Kier molecular flexibility index (Phi) is 3.34. The molecule has 0 aromatic rings. The van der Waals surface area contributed by atoms with Crippen LogP contribution >= 0.6 is 0 Å². The molecule has 0 radical (unpaired) electrons. The first-order chi connectivity index (χ1) is 1.91. The van der Waals surface area contributed by atoms with Gasteiger partial charge in [-0.15, -0.1) is 0 Å². The van der Waals surface area contributed by atoms with Crippen LogP contribution in [0.5, 0.6) is 0 Å². The second-order valence-corrected chi connectivity index (χ2v) is 1.12. The molecule has 0 N–H and O–H groups in total. The Morgan fingerprint density at radius 3 is 2.25 bits per heavy atom. The number of carbonyl (C=O) groups is 1. The monoisotopic (exact) mass is 124 g/mol. The van der Waals surface area contributed by atoms with Crippen LogP contribution in [0.1, 0.15) is 0 Å². The van der Waals surface area contributed by atoms with E-state index in [2.05, 4.69) is 16.0 Å². The number of rotatable bonds is 1. The Hall–Kier alpha value is 0.189. The molecule has 0 rings (SSSR count). The summed E-state index contributed by atoms with van der Waals surface area (Å²) in [6.07, 6.45) is 0.847. The first kappa shape index (κ1) is 4.19. The van der Waals surface area contributed by atoms with Crippen LogP contribution in [-0.4, -0.2) is 22.3 Å². The molecular weight excluding hydrogens is 119 g/mol. The van der Waals surface area contributed by atoms with Crippen molar-refractivity contribution in [1.29, 1.82) is 0 Å². The van der Waals surface area contributed by atoms with Crippen molar-refractivity contribution in [2.75, 3.05) is 0 Å². The average molecular weight is 123 g/mol. The third-order valence-electron chi connectivity index (χ3n) is 0.0745. The van der Waals surface area contributed by atoms with Crippen LogP contribution < -0.4 is 0 Å². The van der Waals surface area contributed by atoms with Gasteiger partial charge in [-0.25, -0.2) is 0 Å². The van der Waals surface area contributed by atoms with Crippen LogP contribution in [-0.2, 0) is 4.79 Å². The molecule has 0 atom stereocenters. The summed E-state index contributed by atoms with van der Waals surface area (Å²) in [5.74, 6) is 0. The topological polar surface area (TPSA) is 17.1 Å². The van der Waals surface area contributed by atoms with Crippen LogP contribution in [0.4, 0.5) is 0 Å². The van der Waals surface area contributed by atoms with Crippen molar-refractivity contribution in [3.63, 3.8) is 0 Å². The van der Waals surface area contributed by atoms with Crippen LogP contribution in [0.25, 0.3) is 0 Å². The van der Waals surface area contributed by atoms with Gasteiger partial charge in [0.25, 0.3) is 0 Å². The van der Waals surface area contributed by atoms with Crippen LogP contribution in [0.3, 0.4) is 0 Å². The van der Waals surface area contributed by atoms with E-state index in [1.807, 2.05) is 0 Å². The number of aldehydes is 1. The van der Waals surface area contributed by atoms with Crippen LogP contribution in [0.15, 0.2) is 0 Å². The van der Waals surface area contributed by atoms with E-state index in [-0.39, 0.29) is 0 Å². The first-order valence-electron chi connectivity index (χ1n) is 0.960. The molecule has 4 heavy (non-hydrogen) atoms. The summed E-state index contributed by atoms with van der Waals surface area (Å²) in [6.45, 7) is 0. The van der Waals surface area contributed by atoms with Gasteiger partial charge in [-0.2, -0.15) is 0 Å². The van der Waals surface area contributed by atoms with E-state index < -0.39 is 0 Å². The summed E-state index contributed by atoms with van der Waals surface area (Å²) >= 11 is 2.17. The summed E-state index contributed by atoms with van der Waals surface area (Å²) in [5, 5.41) is 0.576. The fraction of sp³-hybridized carbons (Fsp3) is 0.500. The molecule has 0 aromatic heterocycles. The summed E-state index contributed by atoms with van der Waals surface area (Å²) < 4.78 is 0. The predicted molar refractivity (Wildman–Crippen MR) is 18.0 cm³/mol.